The van der Waals surface area contributed by atoms with Crippen molar-refractivity contribution in [2.24, 2.45) is 0 Å². The Labute approximate surface area is 155 Å². The zero-order valence-electron chi connectivity index (χ0n) is 15.8. The van der Waals surface area contributed by atoms with Crippen LogP contribution in [0.25, 0.3) is 0 Å². The van der Waals surface area contributed by atoms with Gasteiger partial charge >= 0.3 is 0 Å². The number of rotatable bonds is 6. The van der Waals surface area contributed by atoms with Gasteiger partial charge in [-0.1, -0.05) is 6.07 Å². The maximum Gasteiger partial charge on any atom is 0.253 e. The number of hydrogen-bond acceptors (Lipinski definition) is 4. The molecule has 2 heterocycles. The van der Waals surface area contributed by atoms with Crippen molar-refractivity contribution in [1.82, 2.24) is 9.88 Å². The van der Waals surface area contributed by atoms with Crippen molar-refractivity contribution >= 4 is 11.6 Å². The minimum Gasteiger partial charge on any atom is -0.472 e. The second-order valence-electron chi connectivity index (χ2n) is 6.62. The Balaban J connectivity index is 1.60. The summed E-state index contributed by atoms with van der Waals surface area (Å²) in [6, 6.07) is 13.6. The highest BCUT2D eigenvalue weighted by atomic mass is 16.5. The normalized spacial score (nSPS) is 16.6. The highest BCUT2D eigenvalue weighted by Gasteiger charge is 2.28. The van der Waals surface area contributed by atoms with Crippen LogP contribution in [0, 0.1) is 6.92 Å². The van der Waals surface area contributed by atoms with Crippen molar-refractivity contribution < 1.29 is 9.53 Å². The van der Waals surface area contributed by atoms with Crippen molar-refractivity contribution in [3.63, 3.8) is 0 Å². The number of amides is 1. The van der Waals surface area contributed by atoms with Crippen LogP contribution in [-0.4, -0.2) is 48.1 Å². The van der Waals surface area contributed by atoms with Gasteiger partial charge in [0.2, 0.25) is 5.88 Å². The molecule has 0 spiro atoms. The number of ether oxygens (including phenoxy) is 1. The molecule has 1 atom stereocenters. The molecule has 1 aliphatic rings. The first kappa shape index (κ1) is 18.2. The van der Waals surface area contributed by atoms with Crippen LogP contribution in [0.3, 0.4) is 0 Å². The van der Waals surface area contributed by atoms with E-state index in [4.69, 9.17) is 4.74 Å². The van der Waals surface area contributed by atoms with Crippen LogP contribution in [0.4, 0.5) is 5.69 Å². The predicted octanol–water partition coefficient (Wildman–Crippen LogP) is 3.53. The van der Waals surface area contributed by atoms with Gasteiger partial charge in [-0.2, -0.15) is 0 Å². The molecular weight excluding hydrogens is 326 g/mol. The Bertz CT molecular complexity index is 741. The standard InChI is InChI=1S/C21H27N3O2/c1-4-23(5-2)18-11-9-17(10-12-18)21(25)24-14-13-19(15-24)26-20-8-6-7-16(3)22-20/h6-12,19H,4-5,13-15H2,1-3H3. The first-order valence-electron chi connectivity index (χ1n) is 9.35. The van der Waals surface area contributed by atoms with E-state index in [2.05, 4.69) is 23.7 Å². The molecule has 2 aromatic rings. The number of carbonyl (C=O) groups excluding carboxylic acids is 1. The molecule has 0 aliphatic carbocycles. The number of aromatic nitrogens is 1. The smallest absolute Gasteiger partial charge is 0.253 e. The molecule has 1 unspecified atom stereocenters. The Morgan fingerprint density at radius 1 is 1.19 bits per heavy atom. The summed E-state index contributed by atoms with van der Waals surface area (Å²) in [5, 5.41) is 0. The van der Waals surface area contributed by atoms with Gasteiger partial charge in [0.15, 0.2) is 0 Å². The Kier molecular flexibility index (Phi) is 5.76. The van der Waals surface area contributed by atoms with Crippen LogP contribution < -0.4 is 9.64 Å². The molecule has 3 rings (SSSR count). The molecule has 1 aliphatic heterocycles. The van der Waals surface area contributed by atoms with Gasteiger partial charge in [-0.05, 0) is 51.1 Å². The van der Waals surface area contributed by atoms with E-state index in [1.165, 1.54) is 0 Å². The number of likely N-dealkylation sites (tertiary alicyclic amines) is 1. The Morgan fingerprint density at radius 2 is 1.92 bits per heavy atom. The van der Waals surface area contributed by atoms with E-state index >= 15 is 0 Å². The fraction of sp³-hybridized carbons (Fsp3) is 0.429. The van der Waals surface area contributed by atoms with E-state index in [0.29, 0.717) is 19.0 Å². The van der Waals surface area contributed by atoms with Gasteiger partial charge in [0.05, 0.1) is 6.54 Å². The van der Waals surface area contributed by atoms with Gasteiger partial charge in [-0.25, -0.2) is 4.98 Å². The first-order chi connectivity index (χ1) is 12.6. The van der Waals surface area contributed by atoms with Crippen molar-refractivity contribution in [2.75, 3.05) is 31.1 Å². The molecule has 1 fully saturated rings. The summed E-state index contributed by atoms with van der Waals surface area (Å²) in [5.74, 6) is 0.701. The summed E-state index contributed by atoms with van der Waals surface area (Å²) in [5.41, 5.74) is 2.82. The lowest BCUT2D eigenvalue weighted by atomic mass is 10.1. The fourth-order valence-electron chi connectivity index (χ4n) is 3.35. The second kappa shape index (κ2) is 8.21. The monoisotopic (exact) mass is 353 g/mol. The number of benzene rings is 1. The Morgan fingerprint density at radius 3 is 2.58 bits per heavy atom. The molecule has 1 amide bonds. The quantitative estimate of drug-likeness (QED) is 0.797. The third kappa shape index (κ3) is 4.15. The van der Waals surface area contributed by atoms with E-state index < -0.39 is 0 Å². The maximum atomic E-state index is 12.8. The van der Waals surface area contributed by atoms with Crippen LogP contribution in [0.2, 0.25) is 0 Å². The van der Waals surface area contributed by atoms with Crippen LogP contribution in [0.5, 0.6) is 5.88 Å². The molecule has 0 saturated carbocycles. The summed E-state index contributed by atoms with van der Waals surface area (Å²) >= 11 is 0. The minimum atomic E-state index is 0.00296. The molecule has 0 radical (unpaired) electrons. The van der Waals surface area contributed by atoms with Crippen molar-refractivity contribution in [2.45, 2.75) is 33.3 Å². The summed E-state index contributed by atoms with van der Waals surface area (Å²) in [6.45, 7) is 9.45. The predicted molar refractivity (Wildman–Crippen MR) is 104 cm³/mol. The Hall–Kier alpha value is -2.56. The largest absolute Gasteiger partial charge is 0.472 e. The molecule has 1 aromatic carbocycles. The highest BCUT2D eigenvalue weighted by Crippen LogP contribution is 2.20. The van der Waals surface area contributed by atoms with Gasteiger partial charge in [0, 0.05) is 49.1 Å². The van der Waals surface area contributed by atoms with E-state index in [0.717, 1.165) is 36.5 Å². The average molecular weight is 353 g/mol. The first-order valence-corrected chi connectivity index (χ1v) is 9.35. The number of aryl methyl sites for hydroxylation is 1. The average Bonchev–Trinajstić information content (AvgIpc) is 3.11. The van der Waals surface area contributed by atoms with E-state index in [-0.39, 0.29) is 12.0 Å². The lowest BCUT2D eigenvalue weighted by molar-refractivity contribution is 0.0771. The number of carbonyl (C=O) groups is 1. The third-order valence-corrected chi connectivity index (χ3v) is 4.83. The molecule has 1 saturated heterocycles. The summed E-state index contributed by atoms with van der Waals surface area (Å²) in [4.78, 5) is 21.3. The van der Waals surface area contributed by atoms with Gasteiger partial charge in [0.1, 0.15) is 6.10 Å². The van der Waals surface area contributed by atoms with Gasteiger partial charge in [0.25, 0.3) is 5.91 Å². The van der Waals surface area contributed by atoms with Crippen molar-refractivity contribution in [1.29, 1.82) is 0 Å². The van der Waals surface area contributed by atoms with E-state index in [1.54, 1.807) is 0 Å². The number of nitrogens with zero attached hydrogens (tertiary/aromatic N) is 3. The molecular formula is C21H27N3O2. The van der Waals surface area contributed by atoms with Crippen LogP contribution in [-0.2, 0) is 0 Å². The number of pyridine rings is 1. The molecule has 26 heavy (non-hydrogen) atoms. The van der Waals surface area contributed by atoms with E-state index in [9.17, 15) is 4.79 Å². The molecule has 138 valence electrons. The highest BCUT2D eigenvalue weighted by molar-refractivity contribution is 5.94. The SMILES string of the molecule is CCN(CC)c1ccc(C(=O)N2CCC(Oc3cccc(C)n3)C2)cc1. The summed E-state index contributed by atoms with van der Waals surface area (Å²) < 4.78 is 5.94. The second-order valence-corrected chi connectivity index (χ2v) is 6.62. The zero-order chi connectivity index (χ0) is 18.5. The molecule has 0 bridgehead atoms. The van der Waals surface area contributed by atoms with Crippen molar-refractivity contribution in [3.8, 4) is 5.88 Å². The number of hydrogen-bond donors (Lipinski definition) is 0. The van der Waals surface area contributed by atoms with Gasteiger partial charge in [-0.3, -0.25) is 4.79 Å². The lowest BCUT2D eigenvalue weighted by Gasteiger charge is -2.22. The molecule has 1 aromatic heterocycles. The number of anilines is 1. The van der Waals surface area contributed by atoms with Crippen LogP contribution in [0.15, 0.2) is 42.5 Å². The van der Waals surface area contributed by atoms with Gasteiger partial charge in [-0.15, -0.1) is 0 Å². The fourth-order valence-corrected chi connectivity index (χ4v) is 3.35. The molecule has 5 nitrogen and oxygen atoms in total. The third-order valence-electron chi connectivity index (χ3n) is 4.83. The van der Waals surface area contributed by atoms with Gasteiger partial charge < -0.3 is 14.5 Å². The molecule has 0 N–H and O–H groups in total. The zero-order valence-corrected chi connectivity index (χ0v) is 15.8. The summed E-state index contributed by atoms with van der Waals surface area (Å²) in [6.07, 6.45) is 0.835. The lowest BCUT2D eigenvalue weighted by Crippen LogP contribution is -2.31. The van der Waals surface area contributed by atoms with Crippen LogP contribution in [0.1, 0.15) is 36.3 Å². The van der Waals surface area contributed by atoms with E-state index in [1.807, 2.05) is 54.3 Å². The van der Waals surface area contributed by atoms with Crippen LogP contribution >= 0.6 is 0 Å². The summed E-state index contributed by atoms with van der Waals surface area (Å²) in [7, 11) is 0. The van der Waals surface area contributed by atoms with Crippen molar-refractivity contribution in [3.05, 3.63) is 53.7 Å². The topological polar surface area (TPSA) is 45.7 Å². The maximum absolute atomic E-state index is 12.8. The molecule has 5 heteroatoms. The minimum absolute atomic E-state index is 0.00296.